The number of anilines is 1. The third-order valence-electron chi connectivity index (χ3n) is 2.69. The Morgan fingerprint density at radius 3 is 2.45 bits per heavy atom. The quantitative estimate of drug-likeness (QED) is 0.574. The van der Waals surface area contributed by atoms with Crippen molar-refractivity contribution in [2.24, 2.45) is 0 Å². The largest absolute Gasteiger partial charge is 0.493 e. The van der Waals surface area contributed by atoms with Crippen molar-refractivity contribution >= 4 is 22.4 Å². The summed E-state index contributed by atoms with van der Waals surface area (Å²) in [5, 5.41) is 2.73. The van der Waals surface area contributed by atoms with E-state index in [1.54, 1.807) is 18.4 Å². The normalized spacial score (nSPS) is 11.8. The van der Waals surface area contributed by atoms with E-state index in [1.807, 2.05) is 0 Å². The molecule has 1 aromatic carbocycles. The van der Waals surface area contributed by atoms with Gasteiger partial charge >= 0.3 is 0 Å². The Kier molecular flexibility index (Phi) is 6.30. The van der Waals surface area contributed by atoms with Gasteiger partial charge in [-0.15, -0.1) is 0 Å². The Morgan fingerprint density at radius 2 is 1.90 bits per heavy atom. The summed E-state index contributed by atoms with van der Waals surface area (Å²) in [6, 6.07) is 3.09. The molecule has 0 bridgehead atoms. The maximum Gasteiger partial charge on any atom is 0.253 e. The Balaban J connectivity index is 2.75. The highest BCUT2D eigenvalue weighted by molar-refractivity contribution is 7.84. The van der Waals surface area contributed by atoms with Crippen LogP contribution in [0.2, 0.25) is 0 Å². The lowest BCUT2D eigenvalue weighted by atomic mass is 10.1. The fourth-order valence-corrected chi connectivity index (χ4v) is 2.21. The first-order valence-electron chi connectivity index (χ1n) is 6.09. The molecule has 0 aromatic heterocycles. The van der Waals surface area contributed by atoms with Crippen molar-refractivity contribution in [2.75, 3.05) is 38.5 Å². The van der Waals surface area contributed by atoms with Gasteiger partial charge in [0.15, 0.2) is 11.5 Å². The molecule has 112 valence electrons. The molecule has 0 heterocycles. The van der Waals surface area contributed by atoms with Crippen LogP contribution in [0.25, 0.3) is 0 Å². The minimum absolute atomic E-state index is 0.287. The highest BCUT2D eigenvalue weighted by atomic mass is 32.2. The average molecular weight is 300 g/mol. The third kappa shape index (κ3) is 4.41. The van der Waals surface area contributed by atoms with E-state index in [2.05, 4.69) is 5.32 Å². The van der Waals surface area contributed by atoms with Crippen molar-refractivity contribution in [3.05, 3.63) is 17.7 Å². The smallest absolute Gasteiger partial charge is 0.253 e. The molecule has 6 nitrogen and oxygen atoms in total. The summed E-state index contributed by atoms with van der Waals surface area (Å²) in [5.41, 5.74) is 6.48. The molecule has 1 aromatic rings. The van der Waals surface area contributed by atoms with E-state index in [4.69, 9.17) is 15.2 Å². The number of nitrogens with one attached hydrogen (secondary N) is 1. The summed E-state index contributed by atoms with van der Waals surface area (Å²) in [7, 11) is 2.14. The molecule has 20 heavy (non-hydrogen) atoms. The maximum absolute atomic E-state index is 12.0. The van der Waals surface area contributed by atoms with Crippen LogP contribution in [-0.4, -0.2) is 42.9 Å². The minimum Gasteiger partial charge on any atom is -0.493 e. The van der Waals surface area contributed by atoms with Crippen molar-refractivity contribution in [1.82, 2.24) is 5.32 Å². The Morgan fingerprint density at radius 1 is 1.30 bits per heavy atom. The SMILES string of the molecule is COc1cc(N)c(C(=O)NCCCS(C)=O)cc1OC. The predicted octanol–water partition coefficient (Wildman–Crippen LogP) is 0.784. The second kappa shape index (κ2) is 7.74. The molecule has 0 aliphatic carbocycles. The summed E-state index contributed by atoms with van der Waals surface area (Å²) in [6.07, 6.45) is 2.29. The Bertz CT molecular complexity index is 505. The zero-order valence-electron chi connectivity index (χ0n) is 11.9. The van der Waals surface area contributed by atoms with E-state index in [-0.39, 0.29) is 5.91 Å². The van der Waals surface area contributed by atoms with Crippen LogP contribution < -0.4 is 20.5 Å². The van der Waals surface area contributed by atoms with Crippen LogP contribution in [-0.2, 0) is 10.8 Å². The van der Waals surface area contributed by atoms with Crippen LogP contribution >= 0.6 is 0 Å². The number of carbonyl (C=O) groups is 1. The zero-order valence-corrected chi connectivity index (χ0v) is 12.7. The highest BCUT2D eigenvalue weighted by Crippen LogP contribution is 2.31. The van der Waals surface area contributed by atoms with Gasteiger partial charge in [-0.05, 0) is 12.5 Å². The lowest BCUT2D eigenvalue weighted by Crippen LogP contribution is -2.26. The monoisotopic (exact) mass is 300 g/mol. The van der Waals surface area contributed by atoms with Gasteiger partial charge < -0.3 is 20.5 Å². The summed E-state index contributed by atoms with van der Waals surface area (Å²) >= 11 is 0. The predicted molar refractivity (Wildman–Crippen MR) is 79.8 cm³/mol. The molecule has 0 radical (unpaired) electrons. The summed E-state index contributed by atoms with van der Waals surface area (Å²) in [5.74, 6) is 1.19. The number of carbonyl (C=O) groups excluding carboxylic acids is 1. The molecule has 0 saturated heterocycles. The van der Waals surface area contributed by atoms with E-state index < -0.39 is 10.8 Å². The molecule has 0 spiro atoms. The van der Waals surface area contributed by atoms with Crippen molar-refractivity contribution in [2.45, 2.75) is 6.42 Å². The van der Waals surface area contributed by atoms with Gasteiger partial charge in [-0.1, -0.05) is 0 Å². The fraction of sp³-hybridized carbons (Fsp3) is 0.462. The van der Waals surface area contributed by atoms with Gasteiger partial charge in [0.1, 0.15) is 0 Å². The van der Waals surface area contributed by atoms with Crippen molar-refractivity contribution in [3.63, 3.8) is 0 Å². The standard InChI is InChI=1S/C13H20N2O4S/c1-18-11-7-9(10(14)8-12(11)19-2)13(16)15-5-4-6-20(3)17/h7-8H,4-6,14H2,1-3H3,(H,15,16). The fourth-order valence-electron chi connectivity index (χ4n) is 1.66. The molecule has 7 heteroatoms. The number of benzene rings is 1. The van der Waals surface area contributed by atoms with Crippen molar-refractivity contribution in [1.29, 1.82) is 0 Å². The topological polar surface area (TPSA) is 90.6 Å². The first-order valence-corrected chi connectivity index (χ1v) is 7.82. The van der Waals surface area contributed by atoms with Gasteiger partial charge in [0, 0.05) is 41.1 Å². The number of nitrogens with two attached hydrogens (primary N) is 1. The van der Waals surface area contributed by atoms with Gasteiger partial charge in [-0.25, -0.2) is 0 Å². The first kappa shape index (κ1) is 16.3. The van der Waals surface area contributed by atoms with Gasteiger partial charge in [-0.3, -0.25) is 9.00 Å². The molecule has 1 unspecified atom stereocenters. The summed E-state index contributed by atoms with van der Waals surface area (Å²) < 4.78 is 21.2. The maximum atomic E-state index is 12.0. The molecule has 1 atom stereocenters. The number of ether oxygens (including phenoxy) is 2. The van der Waals surface area contributed by atoms with E-state index in [9.17, 15) is 9.00 Å². The van der Waals surface area contributed by atoms with Crippen LogP contribution in [0.15, 0.2) is 12.1 Å². The van der Waals surface area contributed by atoms with Crippen LogP contribution in [0.5, 0.6) is 11.5 Å². The number of amides is 1. The van der Waals surface area contributed by atoms with Gasteiger partial charge in [0.05, 0.1) is 19.8 Å². The summed E-state index contributed by atoms with van der Waals surface area (Å²) in [4.78, 5) is 12.0. The molecule has 0 aliphatic rings. The Labute approximate surface area is 121 Å². The third-order valence-corrected chi connectivity index (χ3v) is 3.56. The van der Waals surface area contributed by atoms with Gasteiger partial charge in [0.2, 0.25) is 0 Å². The van der Waals surface area contributed by atoms with Gasteiger partial charge in [0.25, 0.3) is 5.91 Å². The highest BCUT2D eigenvalue weighted by Gasteiger charge is 2.14. The molecule has 3 N–H and O–H groups in total. The number of methoxy groups -OCH3 is 2. The molecule has 0 aliphatic heterocycles. The number of hydrogen-bond acceptors (Lipinski definition) is 5. The van der Waals surface area contributed by atoms with Crippen LogP contribution in [0.1, 0.15) is 16.8 Å². The lowest BCUT2D eigenvalue weighted by Gasteiger charge is -2.12. The second-order valence-electron chi connectivity index (χ2n) is 4.18. The zero-order chi connectivity index (χ0) is 15.1. The van der Waals surface area contributed by atoms with Gasteiger partial charge in [-0.2, -0.15) is 0 Å². The van der Waals surface area contributed by atoms with E-state index >= 15 is 0 Å². The number of hydrogen-bond donors (Lipinski definition) is 2. The number of rotatable bonds is 7. The molecule has 1 rings (SSSR count). The van der Waals surface area contributed by atoms with Crippen LogP contribution in [0, 0.1) is 0 Å². The molecule has 0 saturated carbocycles. The minimum atomic E-state index is -0.851. The van der Waals surface area contributed by atoms with Crippen molar-refractivity contribution in [3.8, 4) is 11.5 Å². The Hall–Kier alpha value is -1.76. The van der Waals surface area contributed by atoms with E-state index in [0.29, 0.717) is 41.5 Å². The second-order valence-corrected chi connectivity index (χ2v) is 5.74. The van der Waals surface area contributed by atoms with Crippen LogP contribution in [0.4, 0.5) is 5.69 Å². The molecular formula is C13H20N2O4S. The molecule has 1 amide bonds. The molecular weight excluding hydrogens is 280 g/mol. The van der Waals surface area contributed by atoms with E-state index in [0.717, 1.165) is 0 Å². The number of nitrogen functional groups attached to an aromatic ring is 1. The average Bonchev–Trinajstić information content (AvgIpc) is 2.42. The van der Waals surface area contributed by atoms with Crippen LogP contribution in [0.3, 0.4) is 0 Å². The lowest BCUT2D eigenvalue weighted by molar-refractivity contribution is 0.0954. The van der Waals surface area contributed by atoms with Crippen molar-refractivity contribution < 1.29 is 18.5 Å². The first-order chi connectivity index (χ1) is 9.49. The summed E-state index contributed by atoms with van der Waals surface area (Å²) in [6.45, 7) is 0.451. The molecule has 0 fully saturated rings. The van der Waals surface area contributed by atoms with E-state index in [1.165, 1.54) is 14.2 Å².